The highest BCUT2D eigenvalue weighted by molar-refractivity contribution is 5.16. The van der Waals surface area contributed by atoms with E-state index in [-0.39, 0.29) is 5.54 Å². The van der Waals surface area contributed by atoms with Gasteiger partial charge in [-0.1, -0.05) is 0 Å². The van der Waals surface area contributed by atoms with Crippen LogP contribution in [0.15, 0.2) is 0 Å². The summed E-state index contributed by atoms with van der Waals surface area (Å²) in [6, 6.07) is 2.51. The molecule has 17 heavy (non-hydrogen) atoms. The van der Waals surface area contributed by atoms with Gasteiger partial charge in [0.1, 0.15) is 5.54 Å². The van der Waals surface area contributed by atoms with Crippen LogP contribution in [0, 0.1) is 17.2 Å². The first-order valence-corrected chi connectivity index (χ1v) is 6.59. The number of methoxy groups -OCH3 is 1. The third-order valence-corrected chi connectivity index (χ3v) is 4.19. The van der Waals surface area contributed by atoms with Crippen LogP contribution in [0.25, 0.3) is 0 Å². The number of hydrogen-bond donors (Lipinski definition) is 1. The molecule has 0 bridgehead atoms. The molecule has 0 aromatic rings. The Bertz CT molecular complexity index is 298. The average molecular weight is 237 g/mol. The Morgan fingerprint density at radius 3 is 2.76 bits per heavy atom. The van der Waals surface area contributed by atoms with Crippen molar-refractivity contribution in [3.8, 4) is 6.07 Å². The number of likely N-dealkylation sites (tertiary alicyclic amines) is 1. The van der Waals surface area contributed by atoms with Crippen molar-refractivity contribution in [2.45, 2.75) is 37.3 Å². The standard InChI is InChI=1S/C13H23N3O/c1-15-13(9-14,11-5-6-11)10-16-7-3-4-12(8-16)17-2/h11-12,15H,3-8,10H2,1-2H3. The summed E-state index contributed by atoms with van der Waals surface area (Å²) in [5, 5.41) is 12.7. The lowest BCUT2D eigenvalue weighted by atomic mass is 9.93. The van der Waals surface area contributed by atoms with Gasteiger partial charge in [0.05, 0.1) is 12.2 Å². The van der Waals surface area contributed by atoms with Crippen LogP contribution in [-0.4, -0.2) is 50.3 Å². The molecule has 0 aromatic carbocycles. The van der Waals surface area contributed by atoms with Crippen molar-refractivity contribution in [2.75, 3.05) is 33.8 Å². The molecule has 1 heterocycles. The molecule has 1 saturated heterocycles. The van der Waals surface area contributed by atoms with Gasteiger partial charge in [-0.3, -0.25) is 4.90 Å². The average Bonchev–Trinajstić information content (AvgIpc) is 3.21. The number of nitriles is 1. The van der Waals surface area contributed by atoms with E-state index >= 15 is 0 Å². The Hall–Kier alpha value is -0.630. The van der Waals surface area contributed by atoms with Crippen LogP contribution < -0.4 is 5.32 Å². The SMILES string of the molecule is CNC(C#N)(CN1CCCC(OC)C1)C1CC1. The Kier molecular flexibility index (Phi) is 4.03. The van der Waals surface area contributed by atoms with Crippen LogP contribution in [0.5, 0.6) is 0 Å². The van der Waals surface area contributed by atoms with E-state index in [4.69, 9.17) is 4.74 Å². The van der Waals surface area contributed by atoms with Gasteiger partial charge in [0.15, 0.2) is 0 Å². The second-order valence-corrected chi connectivity index (χ2v) is 5.34. The van der Waals surface area contributed by atoms with Crippen LogP contribution >= 0.6 is 0 Å². The molecule has 1 aliphatic carbocycles. The van der Waals surface area contributed by atoms with Crippen molar-refractivity contribution in [3.63, 3.8) is 0 Å². The van der Waals surface area contributed by atoms with Gasteiger partial charge in [-0.15, -0.1) is 0 Å². The molecule has 1 aliphatic heterocycles. The number of piperidine rings is 1. The predicted molar refractivity (Wildman–Crippen MR) is 66.6 cm³/mol. The third-order valence-electron chi connectivity index (χ3n) is 4.19. The van der Waals surface area contributed by atoms with Crippen molar-refractivity contribution >= 4 is 0 Å². The second-order valence-electron chi connectivity index (χ2n) is 5.34. The highest BCUT2D eigenvalue weighted by atomic mass is 16.5. The lowest BCUT2D eigenvalue weighted by Crippen LogP contribution is -2.55. The molecule has 2 atom stereocenters. The Labute approximate surface area is 104 Å². The van der Waals surface area contributed by atoms with Crippen molar-refractivity contribution in [3.05, 3.63) is 0 Å². The monoisotopic (exact) mass is 237 g/mol. The molecule has 2 rings (SSSR count). The quantitative estimate of drug-likeness (QED) is 0.774. The summed E-state index contributed by atoms with van der Waals surface area (Å²) < 4.78 is 5.43. The van der Waals surface area contributed by atoms with E-state index in [1.54, 1.807) is 7.11 Å². The molecule has 0 aromatic heterocycles. The van der Waals surface area contributed by atoms with Crippen molar-refractivity contribution in [2.24, 2.45) is 5.92 Å². The molecule has 0 amide bonds. The molecule has 0 spiro atoms. The minimum Gasteiger partial charge on any atom is -0.380 e. The lowest BCUT2D eigenvalue weighted by molar-refractivity contribution is 0.0233. The number of ether oxygens (including phenoxy) is 1. The van der Waals surface area contributed by atoms with E-state index in [0.29, 0.717) is 12.0 Å². The molecule has 2 aliphatic rings. The minimum atomic E-state index is -0.338. The fourth-order valence-corrected chi connectivity index (χ4v) is 2.87. The van der Waals surface area contributed by atoms with Crippen molar-refractivity contribution < 1.29 is 4.74 Å². The Balaban J connectivity index is 1.96. The zero-order chi connectivity index (χ0) is 12.3. The molecule has 2 fully saturated rings. The first-order valence-electron chi connectivity index (χ1n) is 6.59. The Morgan fingerprint density at radius 2 is 2.24 bits per heavy atom. The second kappa shape index (κ2) is 5.34. The van der Waals surface area contributed by atoms with Crippen LogP contribution in [0.4, 0.5) is 0 Å². The number of nitrogens with one attached hydrogen (secondary N) is 1. The minimum absolute atomic E-state index is 0.338. The summed E-state index contributed by atoms with van der Waals surface area (Å²) in [7, 11) is 3.70. The molecule has 0 radical (unpaired) electrons. The topological polar surface area (TPSA) is 48.3 Å². The van der Waals surface area contributed by atoms with Gasteiger partial charge in [0.2, 0.25) is 0 Å². The number of nitrogens with zero attached hydrogens (tertiary/aromatic N) is 2. The zero-order valence-corrected chi connectivity index (χ0v) is 10.9. The fourth-order valence-electron chi connectivity index (χ4n) is 2.87. The lowest BCUT2D eigenvalue weighted by Gasteiger charge is -2.37. The molecule has 1 N–H and O–H groups in total. The molecular formula is C13H23N3O. The molecule has 2 unspecified atom stereocenters. The first kappa shape index (κ1) is 12.8. The number of rotatable bonds is 5. The molecule has 1 saturated carbocycles. The van der Waals surface area contributed by atoms with E-state index < -0.39 is 0 Å². The van der Waals surface area contributed by atoms with Gasteiger partial charge >= 0.3 is 0 Å². The van der Waals surface area contributed by atoms with Crippen molar-refractivity contribution in [1.82, 2.24) is 10.2 Å². The van der Waals surface area contributed by atoms with Crippen molar-refractivity contribution in [1.29, 1.82) is 5.26 Å². The summed E-state index contributed by atoms with van der Waals surface area (Å²) in [6.45, 7) is 2.90. The van der Waals surface area contributed by atoms with Gasteiger partial charge in [0, 0.05) is 20.2 Å². The first-order chi connectivity index (χ1) is 8.24. The number of hydrogen-bond acceptors (Lipinski definition) is 4. The van der Waals surface area contributed by atoms with Gasteiger partial charge in [-0.05, 0) is 45.2 Å². The van der Waals surface area contributed by atoms with Crippen LogP contribution in [-0.2, 0) is 4.74 Å². The van der Waals surface area contributed by atoms with E-state index in [0.717, 1.165) is 26.1 Å². The van der Waals surface area contributed by atoms with E-state index in [1.165, 1.54) is 19.3 Å². The van der Waals surface area contributed by atoms with Gasteiger partial charge in [-0.25, -0.2) is 0 Å². The maximum absolute atomic E-state index is 9.47. The summed E-state index contributed by atoms with van der Waals surface area (Å²) in [5.41, 5.74) is -0.338. The molecule has 4 heteroatoms. The van der Waals surface area contributed by atoms with Crippen LogP contribution in [0.3, 0.4) is 0 Å². The smallest absolute Gasteiger partial charge is 0.122 e. The maximum Gasteiger partial charge on any atom is 0.122 e. The summed E-state index contributed by atoms with van der Waals surface area (Å²) in [6.07, 6.45) is 5.05. The highest BCUT2D eigenvalue weighted by Crippen LogP contribution is 2.40. The van der Waals surface area contributed by atoms with E-state index in [2.05, 4.69) is 16.3 Å². The summed E-state index contributed by atoms with van der Waals surface area (Å²) in [5.74, 6) is 0.542. The zero-order valence-electron chi connectivity index (χ0n) is 10.9. The van der Waals surface area contributed by atoms with Crippen LogP contribution in [0.1, 0.15) is 25.7 Å². The largest absolute Gasteiger partial charge is 0.380 e. The summed E-state index contributed by atoms with van der Waals surface area (Å²) >= 11 is 0. The summed E-state index contributed by atoms with van der Waals surface area (Å²) in [4.78, 5) is 2.38. The highest BCUT2D eigenvalue weighted by Gasteiger charge is 2.46. The van der Waals surface area contributed by atoms with Gasteiger partial charge < -0.3 is 10.1 Å². The van der Waals surface area contributed by atoms with E-state index in [9.17, 15) is 5.26 Å². The fraction of sp³-hybridized carbons (Fsp3) is 0.923. The molecule has 96 valence electrons. The predicted octanol–water partition coefficient (Wildman–Crippen LogP) is 0.989. The maximum atomic E-state index is 9.47. The van der Waals surface area contributed by atoms with Crippen LogP contribution in [0.2, 0.25) is 0 Å². The van der Waals surface area contributed by atoms with E-state index in [1.807, 2.05) is 7.05 Å². The molecule has 4 nitrogen and oxygen atoms in total. The normalized spacial score (nSPS) is 29.6. The van der Waals surface area contributed by atoms with Gasteiger partial charge in [0.25, 0.3) is 0 Å². The number of likely N-dealkylation sites (N-methyl/N-ethyl adjacent to an activating group) is 1. The molecular weight excluding hydrogens is 214 g/mol. The van der Waals surface area contributed by atoms with Gasteiger partial charge in [-0.2, -0.15) is 5.26 Å². The Morgan fingerprint density at radius 1 is 1.47 bits per heavy atom. The third kappa shape index (κ3) is 2.79.